The molecule has 2 aromatic rings. The number of carbonyl (C=O) groups is 1. The van der Waals surface area contributed by atoms with Crippen molar-refractivity contribution in [2.24, 2.45) is 0 Å². The fourth-order valence-corrected chi connectivity index (χ4v) is 4.87. The molecule has 144 valence electrons. The van der Waals surface area contributed by atoms with E-state index in [1.54, 1.807) is 17.3 Å². The Morgan fingerprint density at radius 1 is 0.963 bits per heavy atom. The average Bonchev–Trinajstić information content (AvgIpc) is 2.69. The predicted octanol–water partition coefficient (Wildman–Crippen LogP) is 2.97. The maximum absolute atomic E-state index is 12.6. The van der Waals surface area contributed by atoms with Crippen LogP contribution in [0, 0.1) is 0 Å². The molecule has 0 amide bonds. The topological polar surface area (TPSA) is 57.7 Å². The number of aryl methyl sites for hydroxylation is 1. The zero-order valence-electron chi connectivity index (χ0n) is 15.7. The van der Waals surface area contributed by atoms with E-state index in [-0.39, 0.29) is 11.5 Å². The summed E-state index contributed by atoms with van der Waals surface area (Å²) in [6.07, 6.45) is 1.41. The quantitative estimate of drug-likeness (QED) is 0.687. The first-order chi connectivity index (χ1) is 13.0. The van der Waals surface area contributed by atoms with E-state index in [1.807, 2.05) is 48.5 Å². The maximum Gasteiger partial charge on any atom is 0.214 e. The van der Waals surface area contributed by atoms with Gasteiger partial charge in [-0.05, 0) is 37.5 Å². The van der Waals surface area contributed by atoms with Crippen LogP contribution in [0.15, 0.2) is 54.6 Å². The van der Waals surface area contributed by atoms with Crippen molar-refractivity contribution in [2.75, 3.05) is 36.8 Å². The molecule has 0 unspecified atom stereocenters. The largest absolute Gasteiger partial charge is 0.369 e. The third-order valence-corrected chi connectivity index (χ3v) is 6.92. The van der Waals surface area contributed by atoms with E-state index in [2.05, 4.69) is 4.90 Å². The van der Waals surface area contributed by atoms with Crippen LogP contribution < -0.4 is 4.90 Å². The molecule has 0 spiro atoms. The number of piperazine rings is 1. The highest BCUT2D eigenvalue weighted by Gasteiger charge is 2.26. The van der Waals surface area contributed by atoms with Crippen molar-refractivity contribution < 1.29 is 13.2 Å². The van der Waals surface area contributed by atoms with Crippen LogP contribution in [0.3, 0.4) is 0 Å². The van der Waals surface area contributed by atoms with Gasteiger partial charge >= 0.3 is 0 Å². The molecule has 0 saturated carbocycles. The summed E-state index contributed by atoms with van der Waals surface area (Å²) >= 11 is 0. The summed E-state index contributed by atoms with van der Waals surface area (Å²) in [5.41, 5.74) is 2.83. The van der Waals surface area contributed by atoms with Gasteiger partial charge in [0.25, 0.3) is 0 Å². The summed E-state index contributed by atoms with van der Waals surface area (Å²) < 4.78 is 26.9. The maximum atomic E-state index is 12.6. The molecule has 5 nitrogen and oxygen atoms in total. The Morgan fingerprint density at radius 2 is 1.67 bits per heavy atom. The molecular weight excluding hydrogens is 360 g/mol. The third-order valence-electron chi connectivity index (χ3n) is 4.96. The Hall–Kier alpha value is -2.18. The molecule has 0 bridgehead atoms. The van der Waals surface area contributed by atoms with Crippen molar-refractivity contribution in [2.45, 2.75) is 19.8 Å². The lowest BCUT2D eigenvalue weighted by Crippen LogP contribution is -2.49. The number of ketones is 1. The molecule has 1 aliphatic heterocycles. The molecule has 1 fully saturated rings. The highest BCUT2D eigenvalue weighted by Crippen LogP contribution is 2.20. The molecular formula is C21H26N2O3S. The monoisotopic (exact) mass is 386 g/mol. The van der Waals surface area contributed by atoms with E-state index in [4.69, 9.17) is 0 Å². The van der Waals surface area contributed by atoms with Crippen molar-refractivity contribution >= 4 is 21.5 Å². The summed E-state index contributed by atoms with van der Waals surface area (Å²) in [6.45, 7) is 3.80. The molecule has 0 N–H and O–H groups in total. The molecule has 0 aliphatic carbocycles. The second kappa shape index (κ2) is 8.67. The van der Waals surface area contributed by atoms with Crippen molar-refractivity contribution in [1.82, 2.24) is 4.31 Å². The first kappa shape index (κ1) is 19.6. The lowest BCUT2D eigenvalue weighted by molar-refractivity contribution is 0.101. The number of carbonyl (C=O) groups excluding carboxylic acids is 1. The van der Waals surface area contributed by atoms with E-state index in [0.29, 0.717) is 38.2 Å². The number of Topliss-reactive ketones (excluding diaryl/α,β-unsaturated/α-hetero) is 1. The van der Waals surface area contributed by atoms with Gasteiger partial charge in [-0.1, -0.05) is 42.5 Å². The van der Waals surface area contributed by atoms with E-state index in [0.717, 1.165) is 12.1 Å². The zero-order valence-corrected chi connectivity index (χ0v) is 16.5. The fraction of sp³-hybridized carbons (Fsp3) is 0.381. The molecule has 27 heavy (non-hydrogen) atoms. The van der Waals surface area contributed by atoms with Crippen LogP contribution in [0.1, 0.15) is 29.3 Å². The van der Waals surface area contributed by atoms with Gasteiger partial charge in [0.15, 0.2) is 5.78 Å². The van der Waals surface area contributed by atoms with Gasteiger partial charge in [-0.15, -0.1) is 0 Å². The predicted molar refractivity (Wildman–Crippen MR) is 109 cm³/mol. The van der Waals surface area contributed by atoms with Crippen LogP contribution in [0.25, 0.3) is 0 Å². The first-order valence-electron chi connectivity index (χ1n) is 9.33. The van der Waals surface area contributed by atoms with Gasteiger partial charge in [0, 0.05) is 37.4 Å². The van der Waals surface area contributed by atoms with Crippen LogP contribution in [-0.2, 0) is 16.4 Å². The van der Waals surface area contributed by atoms with Gasteiger partial charge in [-0.25, -0.2) is 8.42 Å². The second-order valence-electron chi connectivity index (χ2n) is 6.90. The molecule has 0 aromatic heterocycles. The Balaban J connectivity index is 1.53. The number of benzene rings is 2. The van der Waals surface area contributed by atoms with Crippen molar-refractivity contribution in [1.29, 1.82) is 0 Å². The molecule has 1 aliphatic rings. The van der Waals surface area contributed by atoms with Gasteiger partial charge in [-0.3, -0.25) is 4.79 Å². The number of anilines is 1. The summed E-state index contributed by atoms with van der Waals surface area (Å²) in [5, 5.41) is 0. The Morgan fingerprint density at radius 3 is 2.33 bits per heavy atom. The van der Waals surface area contributed by atoms with Gasteiger partial charge in [0.1, 0.15) is 0 Å². The van der Waals surface area contributed by atoms with Crippen LogP contribution in [0.5, 0.6) is 0 Å². The van der Waals surface area contributed by atoms with Gasteiger partial charge in [0.05, 0.1) is 5.75 Å². The van der Waals surface area contributed by atoms with Crippen molar-refractivity contribution in [3.8, 4) is 0 Å². The molecule has 1 heterocycles. The SMILES string of the molecule is CC(=O)c1cccc(N2CCN(S(=O)(=O)CCCc3ccccc3)CC2)c1. The standard InChI is InChI=1S/C21H26N2O3S/c1-18(24)20-10-5-11-21(17-20)22-12-14-23(15-13-22)27(25,26)16-6-9-19-7-3-2-4-8-19/h2-5,7-8,10-11,17H,6,9,12-16H2,1H3. The van der Waals surface area contributed by atoms with Gasteiger partial charge in [0.2, 0.25) is 10.0 Å². The average molecular weight is 387 g/mol. The third kappa shape index (κ3) is 5.17. The summed E-state index contributed by atoms with van der Waals surface area (Å²) in [4.78, 5) is 13.7. The van der Waals surface area contributed by atoms with E-state index < -0.39 is 10.0 Å². The van der Waals surface area contributed by atoms with Crippen molar-refractivity contribution in [3.63, 3.8) is 0 Å². The number of rotatable bonds is 7. The van der Waals surface area contributed by atoms with E-state index in [1.165, 1.54) is 5.56 Å². The number of nitrogens with zero attached hydrogens (tertiary/aromatic N) is 2. The van der Waals surface area contributed by atoms with Crippen LogP contribution in [0.4, 0.5) is 5.69 Å². The van der Waals surface area contributed by atoms with Gasteiger partial charge < -0.3 is 4.90 Å². The lowest BCUT2D eigenvalue weighted by Gasteiger charge is -2.35. The minimum Gasteiger partial charge on any atom is -0.369 e. The minimum atomic E-state index is -3.23. The highest BCUT2D eigenvalue weighted by atomic mass is 32.2. The highest BCUT2D eigenvalue weighted by molar-refractivity contribution is 7.89. The lowest BCUT2D eigenvalue weighted by atomic mass is 10.1. The number of sulfonamides is 1. The summed E-state index contributed by atoms with van der Waals surface area (Å²) in [5.74, 6) is 0.221. The Labute approximate surface area is 161 Å². The minimum absolute atomic E-state index is 0.0384. The summed E-state index contributed by atoms with van der Waals surface area (Å²) in [7, 11) is -3.23. The smallest absolute Gasteiger partial charge is 0.214 e. The molecule has 0 radical (unpaired) electrons. The molecule has 2 aromatic carbocycles. The second-order valence-corrected chi connectivity index (χ2v) is 8.99. The fourth-order valence-electron chi connectivity index (χ4n) is 3.38. The van der Waals surface area contributed by atoms with Crippen LogP contribution in [-0.4, -0.2) is 50.4 Å². The summed E-state index contributed by atoms with van der Waals surface area (Å²) in [6, 6.07) is 17.5. The number of hydrogen-bond acceptors (Lipinski definition) is 4. The first-order valence-corrected chi connectivity index (χ1v) is 10.9. The molecule has 1 saturated heterocycles. The normalized spacial score (nSPS) is 15.7. The van der Waals surface area contributed by atoms with Crippen molar-refractivity contribution in [3.05, 3.63) is 65.7 Å². The molecule has 6 heteroatoms. The van der Waals surface area contributed by atoms with E-state index in [9.17, 15) is 13.2 Å². The molecule has 3 rings (SSSR count). The Kier molecular flexibility index (Phi) is 6.29. The van der Waals surface area contributed by atoms with Crippen LogP contribution in [0.2, 0.25) is 0 Å². The zero-order chi connectivity index (χ0) is 19.3. The van der Waals surface area contributed by atoms with E-state index >= 15 is 0 Å². The van der Waals surface area contributed by atoms with Crippen LogP contribution >= 0.6 is 0 Å². The molecule has 0 atom stereocenters. The number of hydrogen-bond donors (Lipinski definition) is 0. The Bertz CT molecular complexity index is 873. The van der Waals surface area contributed by atoms with Gasteiger partial charge in [-0.2, -0.15) is 4.31 Å².